The van der Waals surface area contributed by atoms with Crippen LogP contribution in [0.3, 0.4) is 0 Å². The second-order valence-electron chi connectivity index (χ2n) is 4.71. The predicted octanol–water partition coefficient (Wildman–Crippen LogP) is 1.63. The molecule has 108 valence electrons. The van der Waals surface area contributed by atoms with E-state index in [9.17, 15) is 4.79 Å². The molecule has 0 radical (unpaired) electrons. The Morgan fingerprint density at radius 3 is 2.68 bits per heavy atom. The maximum atomic E-state index is 10.4. The molecular formula is C13H23N3O3. The van der Waals surface area contributed by atoms with Gasteiger partial charge in [-0.25, -0.2) is 0 Å². The molecule has 19 heavy (non-hydrogen) atoms. The molecule has 0 saturated carbocycles. The minimum absolute atomic E-state index is 0.221. The molecule has 6 nitrogen and oxygen atoms in total. The van der Waals surface area contributed by atoms with Crippen LogP contribution in [0.2, 0.25) is 0 Å². The van der Waals surface area contributed by atoms with E-state index in [4.69, 9.17) is 10.2 Å². The van der Waals surface area contributed by atoms with Crippen molar-refractivity contribution in [1.82, 2.24) is 15.0 Å². The van der Waals surface area contributed by atoms with Gasteiger partial charge >= 0.3 is 5.97 Å². The van der Waals surface area contributed by atoms with Crippen molar-refractivity contribution >= 4 is 5.97 Å². The van der Waals surface area contributed by atoms with E-state index in [0.29, 0.717) is 6.42 Å². The van der Waals surface area contributed by atoms with Crippen molar-refractivity contribution < 1.29 is 15.0 Å². The fraction of sp³-hybridized carbons (Fsp3) is 0.769. The highest BCUT2D eigenvalue weighted by molar-refractivity contribution is 5.66. The fourth-order valence-corrected chi connectivity index (χ4v) is 1.88. The van der Waals surface area contributed by atoms with Crippen LogP contribution in [-0.4, -0.2) is 37.8 Å². The van der Waals surface area contributed by atoms with E-state index in [2.05, 4.69) is 10.3 Å². The maximum absolute atomic E-state index is 10.4. The lowest BCUT2D eigenvalue weighted by Crippen LogP contribution is -1.98. The Hall–Kier alpha value is -1.43. The van der Waals surface area contributed by atoms with Crippen molar-refractivity contribution in [3.63, 3.8) is 0 Å². The molecule has 1 rings (SSSR count). The van der Waals surface area contributed by atoms with E-state index in [1.54, 1.807) is 0 Å². The Morgan fingerprint density at radius 1 is 1.16 bits per heavy atom. The average Bonchev–Trinajstić information content (AvgIpc) is 2.82. The number of hydrogen-bond acceptors (Lipinski definition) is 4. The zero-order valence-electron chi connectivity index (χ0n) is 11.3. The topological polar surface area (TPSA) is 88.2 Å². The number of unbranched alkanes of at least 4 members (excludes halogenated alkanes) is 4. The summed E-state index contributed by atoms with van der Waals surface area (Å²) >= 11 is 0. The summed E-state index contributed by atoms with van der Waals surface area (Å²) in [6, 6.07) is 0. The Morgan fingerprint density at radius 2 is 1.95 bits per heavy atom. The van der Waals surface area contributed by atoms with E-state index in [1.165, 1.54) is 0 Å². The van der Waals surface area contributed by atoms with Crippen LogP contribution in [0.4, 0.5) is 0 Å². The van der Waals surface area contributed by atoms with Crippen molar-refractivity contribution in [2.24, 2.45) is 0 Å². The summed E-state index contributed by atoms with van der Waals surface area (Å²) in [5, 5.41) is 25.3. The number of carbonyl (C=O) groups is 1. The van der Waals surface area contributed by atoms with Gasteiger partial charge < -0.3 is 10.2 Å². The van der Waals surface area contributed by atoms with E-state index in [-0.39, 0.29) is 13.0 Å². The van der Waals surface area contributed by atoms with Crippen LogP contribution in [0.5, 0.6) is 0 Å². The Bertz CT molecular complexity index is 366. The number of aromatic nitrogens is 3. The van der Waals surface area contributed by atoms with Crippen LogP contribution in [0.25, 0.3) is 0 Å². The van der Waals surface area contributed by atoms with Gasteiger partial charge in [0.05, 0.1) is 5.69 Å². The van der Waals surface area contributed by atoms with Gasteiger partial charge in [-0.2, -0.15) is 0 Å². The summed E-state index contributed by atoms with van der Waals surface area (Å²) in [6.07, 6.45) is 8.52. The lowest BCUT2D eigenvalue weighted by molar-refractivity contribution is -0.137. The van der Waals surface area contributed by atoms with Crippen LogP contribution in [-0.2, 0) is 17.8 Å². The summed E-state index contributed by atoms with van der Waals surface area (Å²) in [5.41, 5.74) is 0.931. The van der Waals surface area contributed by atoms with Crippen molar-refractivity contribution in [2.75, 3.05) is 6.61 Å². The summed E-state index contributed by atoms with van der Waals surface area (Å²) < 4.78 is 1.84. The molecule has 0 bridgehead atoms. The summed E-state index contributed by atoms with van der Waals surface area (Å²) in [6.45, 7) is 1.12. The van der Waals surface area contributed by atoms with E-state index in [0.717, 1.165) is 50.8 Å². The predicted molar refractivity (Wildman–Crippen MR) is 70.8 cm³/mol. The Balaban J connectivity index is 2.12. The van der Waals surface area contributed by atoms with Gasteiger partial charge in [-0.05, 0) is 32.1 Å². The number of aliphatic hydroxyl groups excluding tert-OH is 1. The molecular weight excluding hydrogens is 246 g/mol. The third-order valence-corrected chi connectivity index (χ3v) is 2.95. The van der Waals surface area contributed by atoms with Crippen LogP contribution in [0, 0.1) is 0 Å². The summed E-state index contributed by atoms with van der Waals surface area (Å²) in [4.78, 5) is 10.4. The SMILES string of the molecule is O=C(O)CCCCc1cn(CCCCCCO)nn1. The highest BCUT2D eigenvalue weighted by Gasteiger charge is 2.02. The number of hydrogen-bond donors (Lipinski definition) is 2. The smallest absolute Gasteiger partial charge is 0.303 e. The first-order valence-corrected chi connectivity index (χ1v) is 6.94. The van der Waals surface area contributed by atoms with Crippen LogP contribution < -0.4 is 0 Å². The van der Waals surface area contributed by atoms with Gasteiger partial charge in [0, 0.05) is 25.8 Å². The maximum Gasteiger partial charge on any atom is 0.303 e. The first kappa shape index (κ1) is 15.6. The second-order valence-corrected chi connectivity index (χ2v) is 4.71. The lowest BCUT2D eigenvalue weighted by Gasteiger charge is -1.99. The number of aliphatic hydroxyl groups is 1. The van der Waals surface area contributed by atoms with Crippen molar-refractivity contribution in [1.29, 1.82) is 0 Å². The highest BCUT2D eigenvalue weighted by atomic mass is 16.4. The molecule has 0 aromatic carbocycles. The number of rotatable bonds is 11. The van der Waals surface area contributed by atoms with Crippen molar-refractivity contribution in [2.45, 2.75) is 57.9 Å². The van der Waals surface area contributed by atoms with Gasteiger partial charge in [0.2, 0.25) is 0 Å². The Labute approximate surface area is 113 Å². The van der Waals surface area contributed by atoms with Gasteiger partial charge in [0.15, 0.2) is 0 Å². The lowest BCUT2D eigenvalue weighted by atomic mass is 10.1. The van der Waals surface area contributed by atoms with E-state index >= 15 is 0 Å². The minimum Gasteiger partial charge on any atom is -0.481 e. The van der Waals surface area contributed by atoms with Gasteiger partial charge in [-0.15, -0.1) is 5.10 Å². The van der Waals surface area contributed by atoms with Crippen molar-refractivity contribution in [3.8, 4) is 0 Å². The van der Waals surface area contributed by atoms with Crippen molar-refractivity contribution in [3.05, 3.63) is 11.9 Å². The Kier molecular flexibility index (Phi) is 7.81. The molecule has 1 aromatic heterocycles. The molecule has 0 amide bonds. The molecule has 0 aliphatic carbocycles. The third-order valence-electron chi connectivity index (χ3n) is 2.95. The molecule has 0 aliphatic rings. The first-order valence-electron chi connectivity index (χ1n) is 6.94. The van der Waals surface area contributed by atoms with Gasteiger partial charge in [0.1, 0.15) is 0 Å². The minimum atomic E-state index is -0.744. The summed E-state index contributed by atoms with van der Waals surface area (Å²) in [5.74, 6) is -0.744. The normalized spacial score (nSPS) is 10.8. The quantitative estimate of drug-likeness (QED) is 0.596. The number of carboxylic acids is 1. The molecule has 0 aliphatic heterocycles. The molecule has 0 unspecified atom stereocenters. The third kappa shape index (κ3) is 7.56. The van der Waals surface area contributed by atoms with E-state index < -0.39 is 5.97 Å². The summed E-state index contributed by atoms with van der Waals surface area (Å²) in [7, 11) is 0. The van der Waals surface area contributed by atoms with Gasteiger partial charge in [-0.1, -0.05) is 18.1 Å². The monoisotopic (exact) mass is 269 g/mol. The molecule has 6 heteroatoms. The number of aryl methyl sites for hydroxylation is 2. The standard InChI is InChI=1S/C13H23N3O3/c17-10-6-2-1-5-9-16-11-12(14-15-16)7-3-4-8-13(18)19/h11,17H,1-10H2,(H,18,19). The number of aliphatic carboxylic acids is 1. The van der Waals surface area contributed by atoms with Crippen LogP contribution in [0.1, 0.15) is 50.6 Å². The zero-order chi connectivity index (χ0) is 13.9. The van der Waals surface area contributed by atoms with Gasteiger partial charge in [0.25, 0.3) is 0 Å². The second kappa shape index (κ2) is 9.49. The van der Waals surface area contributed by atoms with Gasteiger partial charge in [-0.3, -0.25) is 9.48 Å². The zero-order valence-corrected chi connectivity index (χ0v) is 11.3. The highest BCUT2D eigenvalue weighted by Crippen LogP contribution is 2.05. The number of carboxylic acid groups (broad SMARTS) is 1. The fourth-order valence-electron chi connectivity index (χ4n) is 1.88. The van der Waals surface area contributed by atoms with Crippen LogP contribution >= 0.6 is 0 Å². The molecule has 1 heterocycles. The molecule has 0 spiro atoms. The number of nitrogens with zero attached hydrogens (tertiary/aromatic N) is 3. The van der Waals surface area contributed by atoms with Crippen LogP contribution in [0.15, 0.2) is 6.20 Å². The molecule has 2 N–H and O–H groups in total. The molecule has 0 saturated heterocycles. The molecule has 0 fully saturated rings. The molecule has 0 atom stereocenters. The largest absolute Gasteiger partial charge is 0.481 e. The van der Waals surface area contributed by atoms with E-state index in [1.807, 2.05) is 10.9 Å². The average molecular weight is 269 g/mol. The molecule has 1 aromatic rings. The first-order chi connectivity index (χ1) is 9.22.